The molecule has 0 nitrogen and oxygen atoms in total. The first-order valence-corrected chi connectivity index (χ1v) is 4.84. The van der Waals surface area contributed by atoms with E-state index in [1.54, 1.807) is 0 Å². The number of halogens is 3. The SMILES string of the molecule is F[PH](F)(F)[Ru]. The van der Waals surface area contributed by atoms with Crippen LogP contribution in [-0.2, 0) is 17.8 Å². The molecule has 5 heteroatoms. The third kappa shape index (κ3) is 55.1. The Kier molecular flexibility index (Phi) is 1.79. The van der Waals surface area contributed by atoms with Crippen molar-refractivity contribution in [1.82, 2.24) is 0 Å². The van der Waals surface area contributed by atoms with Gasteiger partial charge in [-0.25, -0.2) is 0 Å². The van der Waals surface area contributed by atoms with Gasteiger partial charge in [0, 0.05) is 0 Å². The van der Waals surface area contributed by atoms with Gasteiger partial charge in [-0.15, -0.1) is 0 Å². The molecule has 0 aromatic heterocycles. The topological polar surface area (TPSA) is 0 Å². The van der Waals surface area contributed by atoms with Crippen molar-refractivity contribution < 1.29 is 30.4 Å². The summed E-state index contributed by atoms with van der Waals surface area (Å²) in [6.45, 7) is -5.18. The van der Waals surface area contributed by atoms with Crippen LogP contribution in [0.1, 0.15) is 0 Å². The van der Waals surface area contributed by atoms with Gasteiger partial charge in [-0.05, 0) is 0 Å². The molecule has 35 valence electrons. The Morgan fingerprint density at radius 3 is 1.20 bits per heavy atom. The molecule has 0 rings (SSSR count). The van der Waals surface area contributed by atoms with Crippen LogP contribution < -0.4 is 0 Å². The average molecular weight is 190 g/mol. The molecule has 0 heterocycles. The summed E-state index contributed by atoms with van der Waals surface area (Å²) in [6, 6.07) is 0. The molecular formula is HF3PRu. The second kappa shape index (κ2) is 1.53. The minimum atomic E-state index is -5.18. The Labute approximate surface area is 37.6 Å². The summed E-state index contributed by atoms with van der Waals surface area (Å²) in [5.41, 5.74) is 0. The Morgan fingerprint density at radius 2 is 1.20 bits per heavy atom. The molecule has 0 aliphatic rings. The van der Waals surface area contributed by atoms with Gasteiger partial charge in [-0.1, -0.05) is 0 Å². The molecule has 0 bridgehead atoms. The average Bonchev–Trinajstić information content (AvgIpc) is 0.722. The molecular weight excluding hydrogens is 189 g/mol. The predicted molar refractivity (Wildman–Crippen MR) is 11.6 cm³/mol. The maximum atomic E-state index is 10.5. The van der Waals surface area contributed by atoms with Gasteiger partial charge in [0.25, 0.3) is 0 Å². The van der Waals surface area contributed by atoms with E-state index in [2.05, 4.69) is 0 Å². The molecule has 0 radical (unpaired) electrons. The van der Waals surface area contributed by atoms with Crippen molar-refractivity contribution in [2.45, 2.75) is 0 Å². The fourth-order valence-corrected chi connectivity index (χ4v) is 0. The van der Waals surface area contributed by atoms with Crippen LogP contribution >= 0.6 is 6.53 Å². The summed E-state index contributed by atoms with van der Waals surface area (Å²) in [4.78, 5) is 0. The van der Waals surface area contributed by atoms with Gasteiger partial charge in [0.2, 0.25) is 0 Å². The Bertz CT molecular complexity index is 22.4. The van der Waals surface area contributed by atoms with Crippen LogP contribution in [0.4, 0.5) is 12.6 Å². The van der Waals surface area contributed by atoms with E-state index in [4.69, 9.17) is 0 Å². The first-order valence-electron chi connectivity index (χ1n) is 0.744. The summed E-state index contributed by atoms with van der Waals surface area (Å²) in [7, 11) is 0. The third-order valence-corrected chi connectivity index (χ3v) is 0. The van der Waals surface area contributed by atoms with E-state index in [1.807, 2.05) is 0 Å². The fourth-order valence-electron chi connectivity index (χ4n) is 0. The van der Waals surface area contributed by atoms with E-state index >= 15 is 0 Å². The maximum absolute atomic E-state index is 10.5. The first kappa shape index (κ1) is 5.84. The fraction of sp³-hybridized carbons (Fsp3) is 0. The molecule has 0 aliphatic carbocycles. The molecule has 0 atom stereocenters. The Balaban J connectivity index is 3.02. The number of hydrogen-bond donors (Lipinski definition) is 0. The molecule has 0 saturated heterocycles. The normalized spacial score (nSPS) is 15.2. The van der Waals surface area contributed by atoms with Crippen molar-refractivity contribution in [3.63, 3.8) is 0 Å². The van der Waals surface area contributed by atoms with Crippen molar-refractivity contribution in [2.75, 3.05) is 0 Å². The van der Waals surface area contributed by atoms with Crippen LogP contribution in [0.25, 0.3) is 0 Å². The summed E-state index contributed by atoms with van der Waals surface area (Å²) >= 11 is 0.770. The van der Waals surface area contributed by atoms with E-state index in [0.29, 0.717) is 0 Å². The van der Waals surface area contributed by atoms with Crippen LogP contribution in [0, 0.1) is 0 Å². The Morgan fingerprint density at radius 1 is 1.20 bits per heavy atom. The second-order valence-corrected chi connectivity index (χ2v) is 4.20. The molecule has 0 amide bonds. The predicted octanol–water partition coefficient (Wildman–Crippen LogP) is 1.85. The molecule has 0 N–H and O–H groups in total. The molecule has 0 spiro atoms. The van der Waals surface area contributed by atoms with Crippen molar-refractivity contribution >= 4 is 6.53 Å². The van der Waals surface area contributed by atoms with E-state index in [-0.39, 0.29) is 0 Å². The summed E-state index contributed by atoms with van der Waals surface area (Å²) in [5.74, 6) is 0. The number of hydrogen-bond acceptors (Lipinski definition) is 0. The quantitative estimate of drug-likeness (QED) is 0.404. The zero-order chi connectivity index (χ0) is 4.50. The van der Waals surface area contributed by atoms with Crippen molar-refractivity contribution in [2.24, 2.45) is 0 Å². The summed E-state index contributed by atoms with van der Waals surface area (Å²) in [5, 5.41) is 0. The van der Waals surface area contributed by atoms with Crippen LogP contribution in [-0.4, -0.2) is 0 Å². The zero-order valence-electron chi connectivity index (χ0n) is 1.99. The molecule has 0 unspecified atom stereocenters. The monoisotopic (exact) mass is 191 g/mol. The van der Waals surface area contributed by atoms with Crippen LogP contribution in [0.2, 0.25) is 0 Å². The first-order chi connectivity index (χ1) is 2.00. The molecule has 0 fully saturated rings. The van der Waals surface area contributed by atoms with Gasteiger partial charge in [0.05, 0.1) is 0 Å². The van der Waals surface area contributed by atoms with Crippen molar-refractivity contribution in [1.29, 1.82) is 0 Å². The van der Waals surface area contributed by atoms with E-state index in [1.165, 1.54) is 0 Å². The van der Waals surface area contributed by atoms with Crippen LogP contribution in [0.3, 0.4) is 0 Å². The molecule has 0 aromatic rings. The van der Waals surface area contributed by atoms with Gasteiger partial charge in [0.15, 0.2) is 0 Å². The minimum absolute atomic E-state index is 0.770. The van der Waals surface area contributed by atoms with E-state index in [0.717, 1.165) is 17.8 Å². The van der Waals surface area contributed by atoms with E-state index in [9.17, 15) is 12.6 Å². The molecule has 5 heavy (non-hydrogen) atoms. The number of rotatable bonds is 0. The van der Waals surface area contributed by atoms with Gasteiger partial charge in [-0.3, -0.25) is 0 Å². The van der Waals surface area contributed by atoms with Crippen molar-refractivity contribution in [3.8, 4) is 0 Å². The van der Waals surface area contributed by atoms with Crippen LogP contribution in [0.15, 0.2) is 0 Å². The molecule has 0 saturated carbocycles. The van der Waals surface area contributed by atoms with Gasteiger partial charge < -0.3 is 0 Å². The summed E-state index contributed by atoms with van der Waals surface area (Å²) < 4.78 is 31.4. The third-order valence-electron chi connectivity index (χ3n) is 0. The molecule has 0 aromatic carbocycles. The van der Waals surface area contributed by atoms with Crippen LogP contribution in [0.5, 0.6) is 0 Å². The Hall–Kier alpha value is 0.843. The summed E-state index contributed by atoms with van der Waals surface area (Å²) in [6.07, 6.45) is 0. The van der Waals surface area contributed by atoms with Gasteiger partial charge in [-0.2, -0.15) is 0 Å². The van der Waals surface area contributed by atoms with Crippen molar-refractivity contribution in [3.05, 3.63) is 0 Å². The van der Waals surface area contributed by atoms with Gasteiger partial charge in [0.1, 0.15) is 0 Å². The standard InChI is InChI=1S/F3HP.Ru/c1-4(2)3;/h4H;/q+1;-1. The van der Waals surface area contributed by atoms with E-state index < -0.39 is 6.53 Å². The van der Waals surface area contributed by atoms with Gasteiger partial charge >= 0.3 is 36.9 Å². The zero-order valence-corrected chi connectivity index (χ0v) is 4.73. The molecule has 0 aliphatic heterocycles. The second-order valence-electron chi connectivity index (χ2n) is 0.415.